The van der Waals surface area contributed by atoms with Gasteiger partial charge in [-0.25, -0.2) is 0 Å². The van der Waals surface area contributed by atoms with Crippen LogP contribution in [0.2, 0.25) is 0 Å². The molecule has 2 rings (SSSR count). The molecule has 21 heavy (non-hydrogen) atoms. The molecule has 2 aromatic rings. The van der Waals surface area contributed by atoms with Crippen LogP contribution >= 0.6 is 15.9 Å². The third-order valence-corrected chi connectivity index (χ3v) is 3.19. The zero-order valence-electron chi connectivity index (χ0n) is 11.8. The van der Waals surface area contributed by atoms with E-state index in [0.29, 0.717) is 0 Å². The van der Waals surface area contributed by atoms with E-state index in [4.69, 9.17) is 18.6 Å². The first-order chi connectivity index (χ1) is 9.58. The van der Waals surface area contributed by atoms with E-state index < -0.39 is 10.2 Å². The Morgan fingerprint density at radius 3 is 1.71 bits per heavy atom. The smallest absolute Gasteiger partial charge is 0.183 e. The molecule has 0 aliphatic heterocycles. The number of benzene rings is 1. The second-order valence-corrected chi connectivity index (χ2v) is 6.23. The third kappa shape index (κ3) is 6.52. The molecule has 7 heteroatoms. The lowest BCUT2D eigenvalue weighted by molar-refractivity contribution is -1.92. The summed E-state index contributed by atoms with van der Waals surface area (Å²) in [6.45, 7) is 6.41. The van der Waals surface area contributed by atoms with Crippen molar-refractivity contribution < 1.29 is 33.4 Å². The van der Waals surface area contributed by atoms with Crippen LogP contribution in [0.15, 0.2) is 40.9 Å². The molecule has 0 saturated heterocycles. The van der Waals surface area contributed by atoms with Crippen molar-refractivity contribution in [3.05, 3.63) is 57.8 Å². The molecule has 0 atom stereocenters. The fourth-order valence-corrected chi connectivity index (χ4v) is 2.37. The zero-order chi connectivity index (χ0) is 16.2. The van der Waals surface area contributed by atoms with Crippen LogP contribution in [0.3, 0.4) is 0 Å². The Bertz CT molecular complexity index is 582. The van der Waals surface area contributed by atoms with Gasteiger partial charge in [0.1, 0.15) is 0 Å². The van der Waals surface area contributed by atoms with Crippen molar-refractivity contribution in [3.63, 3.8) is 0 Å². The number of pyridine rings is 1. The Balaban J connectivity index is 0.000000383. The maximum atomic E-state index is 8.60. The Labute approximate surface area is 134 Å². The molecule has 1 aromatic carbocycles. The summed E-state index contributed by atoms with van der Waals surface area (Å²) < 4.78 is 36.1. The first-order valence-corrected chi connectivity index (χ1v) is 8.02. The highest BCUT2D eigenvalue weighted by Crippen LogP contribution is 2.12. The fraction of sp³-hybridized carbons (Fsp3) is 0.214. The highest BCUT2D eigenvalue weighted by atomic mass is 79.9. The van der Waals surface area contributed by atoms with Gasteiger partial charge >= 0.3 is 0 Å². The van der Waals surface area contributed by atoms with Gasteiger partial charge in [-0.1, -0.05) is 15.9 Å². The minimum absolute atomic E-state index is 1.11. The van der Waals surface area contributed by atoms with E-state index in [2.05, 4.69) is 77.7 Å². The quantitative estimate of drug-likeness (QED) is 0.680. The van der Waals surface area contributed by atoms with Gasteiger partial charge in [0.25, 0.3) is 0 Å². The van der Waals surface area contributed by atoms with Crippen molar-refractivity contribution in [2.45, 2.75) is 20.8 Å². The van der Waals surface area contributed by atoms with Crippen molar-refractivity contribution in [1.82, 2.24) is 0 Å². The molecule has 0 spiro atoms. The lowest BCUT2D eigenvalue weighted by Crippen LogP contribution is -2.58. The van der Waals surface area contributed by atoms with Crippen molar-refractivity contribution in [2.75, 3.05) is 0 Å². The molecule has 0 radical (unpaired) electrons. The number of hydrogen-bond acceptors (Lipinski definition) is 4. The molecule has 0 aliphatic carbocycles. The molecule has 114 valence electrons. The van der Waals surface area contributed by atoms with Crippen LogP contribution in [0.4, 0.5) is 0 Å². The molecule has 0 bridgehead atoms. The number of aromatic nitrogens is 1. The van der Waals surface area contributed by atoms with Gasteiger partial charge < -0.3 is 0 Å². The Morgan fingerprint density at radius 1 is 0.952 bits per heavy atom. The second-order valence-electron chi connectivity index (χ2n) is 4.52. The van der Waals surface area contributed by atoms with Crippen LogP contribution in [0, 0.1) is 31.0 Å². The Morgan fingerprint density at radius 2 is 1.33 bits per heavy atom. The minimum Gasteiger partial charge on any atom is -0.183 e. The fourth-order valence-electron chi connectivity index (χ4n) is 2.11. The summed E-state index contributed by atoms with van der Waals surface area (Å²) in [4.78, 5) is 0. The predicted molar refractivity (Wildman–Crippen MR) is 72.1 cm³/mol. The highest BCUT2D eigenvalue weighted by molar-refractivity contribution is 9.10. The Kier molecular flexibility index (Phi) is 6.27. The summed E-state index contributed by atoms with van der Waals surface area (Å²) in [5.74, 6) is 0. The average Bonchev–Trinajstić information content (AvgIpc) is 2.28. The predicted octanol–water partition coefficient (Wildman–Crippen LogP) is -0.473. The summed E-state index contributed by atoms with van der Waals surface area (Å²) in [5.41, 5.74) is 5.04. The maximum absolute atomic E-state index is 8.60. The van der Waals surface area contributed by atoms with E-state index in [0.717, 1.165) is 4.47 Å². The molecule has 0 fully saturated rings. The molecule has 1 heterocycles. The minimum atomic E-state index is -4.69. The monoisotopic (exact) mass is 376 g/mol. The summed E-state index contributed by atoms with van der Waals surface area (Å²) in [5, 5.41) is 0. The van der Waals surface area contributed by atoms with E-state index in [-0.39, 0.29) is 0 Å². The molecule has 0 amide bonds. The van der Waals surface area contributed by atoms with Gasteiger partial charge in [-0.2, -0.15) is 18.5 Å². The summed E-state index contributed by atoms with van der Waals surface area (Å²) in [6, 6.07) is 12.8. The van der Waals surface area contributed by atoms with E-state index in [1.165, 1.54) is 22.6 Å². The van der Waals surface area contributed by atoms with Crippen LogP contribution in [-0.2, 0) is 0 Å². The molecule has 1 aromatic heterocycles. The molecule has 0 aliphatic rings. The Hall–Kier alpha value is -1.02. The number of aryl methyl sites for hydroxylation is 3. The SMILES string of the molecule is Cc1cc(C)[n+](-c2ccc(Br)cc2)c(C)c1.[O-][Cl+3]([O-])([O-])O. The number of nitrogens with zero attached hydrogens (tertiary/aromatic N) is 1. The van der Waals surface area contributed by atoms with Crippen molar-refractivity contribution in [1.29, 1.82) is 0 Å². The molecule has 0 unspecified atom stereocenters. The standard InChI is InChI=1S/C14H15BrN.ClHO4/c1-10-8-11(2)16(12(3)9-10)14-6-4-13(15)5-7-14;2-1(3,4)5/h4-9H,1-3H3;(H,2,3,4,5)/q+1;. The van der Waals surface area contributed by atoms with E-state index in [1.807, 2.05) is 0 Å². The van der Waals surface area contributed by atoms with Crippen molar-refractivity contribution >= 4 is 15.9 Å². The summed E-state index contributed by atoms with van der Waals surface area (Å²) in [6.07, 6.45) is 0. The summed E-state index contributed by atoms with van der Waals surface area (Å²) >= 11 is 3.46. The first kappa shape index (κ1) is 18.0. The van der Waals surface area contributed by atoms with Gasteiger partial charge in [0.15, 0.2) is 11.4 Å². The molecular formula is C14H16BrClNO4+. The van der Waals surface area contributed by atoms with Gasteiger partial charge in [-0.3, -0.25) is 0 Å². The number of halogens is 2. The number of hydrogen-bond donors (Lipinski definition) is 1. The second kappa shape index (κ2) is 7.31. The lowest BCUT2D eigenvalue weighted by atomic mass is 10.2. The van der Waals surface area contributed by atoms with Crippen LogP contribution in [0.1, 0.15) is 17.0 Å². The van der Waals surface area contributed by atoms with E-state index in [9.17, 15) is 0 Å². The van der Waals surface area contributed by atoms with Crippen LogP contribution in [0.5, 0.6) is 0 Å². The number of rotatable bonds is 1. The maximum Gasteiger partial charge on any atom is 0.211 e. The lowest BCUT2D eigenvalue weighted by Gasteiger charge is -2.04. The first-order valence-electron chi connectivity index (χ1n) is 5.97. The topological polar surface area (TPSA) is 93.3 Å². The molecule has 0 saturated carbocycles. The van der Waals surface area contributed by atoms with Crippen molar-refractivity contribution in [2.24, 2.45) is 0 Å². The van der Waals surface area contributed by atoms with Crippen LogP contribution < -0.4 is 18.5 Å². The van der Waals surface area contributed by atoms with Gasteiger partial charge in [0.05, 0.1) is 14.9 Å². The third-order valence-electron chi connectivity index (χ3n) is 2.66. The molecule has 5 nitrogen and oxygen atoms in total. The van der Waals surface area contributed by atoms with Crippen molar-refractivity contribution in [3.8, 4) is 5.69 Å². The van der Waals surface area contributed by atoms with E-state index >= 15 is 0 Å². The normalized spacial score (nSPS) is 10.9. The molecule has 1 N–H and O–H groups in total. The van der Waals surface area contributed by atoms with Crippen LogP contribution in [0.25, 0.3) is 5.69 Å². The van der Waals surface area contributed by atoms with Crippen LogP contribution in [-0.4, -0.2) is 4.66 Å². The highest BCUT2D eigenvalue weighted by Gasteiger charge is 2.14. The summed E-state index contributed by atoms with van der Waals surface area (Å²) in [7, 11) is -4.69. The van der Waals surface area contributed by atoms with Gasteiger partial charge in [0.2, 0.25) is 5.69 Å². The average molecular weight is 378 g/mol. The van der Waals surface area contributed by atoms with E-state index in [1.54, 1.807) is 0 Å². The zero-order valence-corrected chi connectivity index (χ0v) is 14.2. The van der Waals surface area contributed by atoms with Gasteiger partial charge in [-0.15, -0.1) is 0 Å². The van der Waals surface area contributed by atoms with Gasteiger partial charge in [-0.05, 0) is 24.6 Å². The molecular weight excluding hydrogens is 362 g/mol. The largest absolute Gasteiger partial charge is 0.211 e. The van der Waals surface area contributed by atoms with Gasteiger partial charge in [0, 0.05) is 42.6 Å².